The molecule has 0 atom stereocenters. The second-order valence-electron chi connectivity index (χ2n) is 8.89. The molecule has 0 spiro atoms. The summed E-state index contributed by atoms with van der Waals surface area (Å²) in [5.41, 5.74) is 5.88. The lowest BCUT2D eigenvalue weighted by molar-refractivity contribution is 0.231. The number of nitrogens with one attached hydrogen (secondary N) is 1. The van der Waals surface area contributed by atoms with Crippen LogP contribution in [-0.4, -0.2) is 42.1 Å². The summed E-state index contributed by atoms with van der Waals surface area (Å²) in [6.07, 6.45) is 11.3. The lowest BCUT2D eigenvalue weighted by Crippen LogP contribution is -2.35. The molecule has 1 aromatic carbocycles. The summed E-state index contributed by atoms with van der Waals surface area (Å²) in [6, 6.07) is 8.66. The summed E-state index contributed by atoms with van der Waals surface area (Å²) in [7, 11) is 1.10. The van der Waals surface area contributed by atoms with Crippen molar-refractivity contribution in [1.82, 2.24) is 10.2 Å². The van der Waals surface area contributed by atoms with Crippen LogP contribution in [0.3, 0.4) is 0 Å². The van der Waals surface area contributed by atoms with Crippen molar-refractivity contribution >= 4 is 19.2 Å². The first-order chi connectivity index (χ1) is 16.3. The normalized spacial score (nSPS) is 17.1. The van der Waals surface area contributed by atoms with E-state index in [1.807, 2.05) is 26.0 Å². The first-order valence-electron chi connectivity index (χ1n) is 12.4. The molecule has 2 heterocycles. The SMILES string of the molecule is C=C(/N=C(\C=C/C)C1=PC(=C)C(C(=C)C)=C1)NCCN1CCCCC1.CCc1ccc(C)cc1. The molecule has 2 aliphatic heterocycles. The Balaban J connectivity index is 0.000000379. The van der Waals surface area contributed by atoms with Crippen LogP contribution >= 0.6 is 8.20 Å². The van der Waals surface area contributed by atoms with Crippen molar-refractivity contribution in [2.24, 2.45) is 4.99 Å². The van der Waals surface area contributed by atoms with Crippen LogP contribution in [-0.2, 0) is 6.42 Å². The Morgan fingerprint density at radius 1 is 1.15 bits per heavy atom. The van der Waals surface area contributed by atoms with Crippen LogP contribution in [0, 0.1) is 6.92 Å². The highest BCUT2D eigenvalue weighted by molar-refractivity contribution is 7.50. The molecule has 2 aliphatic rings. The van der Waals surface area contributed by atoms with Gasteiger partial charge < -0.3 is 10.2 Å². The van der Waals surface area contributed by atoms with E-state index in [9.17, 15) is 0 Å². The number of hydrogen-bond donors (Lipinski definition) is 1. The fourth-order valence-electron chi connectivity index (χ4n) is 3.85. The van der Waals surface area contributed by atoms with Crippen molar-refractivity contribution in [3.63, 3.8) is 0 Å². The summed E-state index contributed by atoms with van der Waals surface area (Å²) in [6.45, 7) is 24.9. The minimum Gasteiger partial charge on any atom is -0.369 e. The number of allylic oxidation sites excluding steroid dienone is 6. The zero-order valence-corrected chi connectivity index (χ0v) is 22.6. The summed E-state index contributed by atoms with van der Waals surface area (Å²) < 4.78 is 0. The Morgan fingerprint density at radius 2 is 1.82 bits per heavy atom. The van der Waals surface area contributed by atoms with Crippen LogP contribution < -0.4 is 5.32 Å². The molecule has 0 aliphatic carbocycles. The van der Waals surface area contributed by atoms with Gasteiger partial charge in [0.2, 0.25) is 0 Å². The number of rotatable bonds is 9. The molecule has 3 rings (SSSR count). The van der Waals surface area contributed by atoms with E-state index in [-0.39, 0.29) is 0 Å². The van der Waals surface area contributed by atoms with Gasteiger partial charge in [-0.1, -0.05) is 82.8 Å². The first kappa shape index (κ1) is 27.8. The Bertz CT molecular complexity index is 971. The number of hydrogen-bond acceptors (Lipinski definition) is 3. The number of nitrogens with zero attached hydrogens (tertiary/aromatic N) is 2. The van der Waals surface area contributed by atoms with E-state index in [2.05, 4.69) is 74.1 Å². The van der Waals surface area contributed by atoms with Crippen molar-refractivity contribution in [1.29, 1.82) is 0 Å². The van der Waals surface area contributed by atoms with E-state index in [0.29, 0.717) is 0 Å². The molecule has 0 bridgehead atoms. The fraction of sp³-hybridized carbons (Fsp3) is 0.400. The van der Waals surface area contributed by atoms with E-state index in [1.54, 1.807) is 0 Å². The third kappa shape index (κ3) is 9.41. The number of aryl methyl sites for hydroxylation is 2. The van der Waals surface area contributed by atoms with Crippen molar-refractivity contribution in [3.8, 4) is 0 Å². The van der Waals surface area contributed by atoms with E-state index in [0.717, 1.165) is 61.0 Å². The molecule has 0 aromatic heterocycles. The number of likely N-dealkylation sites (tertiary alicyclic amines) is 1. The monoisotopic (exact) mass is 475 g/mol. The zero-order valence-electron chi connectivity index (χ0n) is 21.7. The maximum atomic E-state index is 4.71. The maximum absolute atomic E-state index is 4.71. The second kappa shape index (κ2) is 14.7. The lowest BCUT2D eigenvalue weighted by atomic mass is 10.1. The van der Waals surface area contributed by atoms with Crippen molar-refractivity contribution in [2.75, 3.05) is 26.2 Å². The summed E-state index contributed by atoms with van der Waals surface area (Å²) in [5, 5.41) is 5.59. The summed E-state index contributed by atoms with van der Waals surface area (Å²) in [5.74, 6) is 0.718. The van der Waals surface area contributed by atoms with Gasteiger partial charge in [0.15, 0.2) is 0 Å². The van der Waals surface area contributed by atoms with Gasteiger partial charge in [0, 0.05) is 23.7 Å². The smallest absolute Gasteiger partial charge is 0.119 e. The van der Waals surface area contributed by atoms with Crippen LogP contribution in [0.4, 0.5) is 0 Å². The van der Waals surface area contributed by atoms with Gasteiger partial charge in [-0.15, -0.1) is 0 Å². The van der Waals surface area contributed by atoms with Gasteiger partial charge in [-0.05, 0) is 76.4 Å². The van der Waals surface area contributed by atoms with Gasteiger partial charge in [-0.25, -0.2) is 4.99 Å². The Labute approximate surface area is 209 Å². The highest BCUT2D eigenvalue weighted by Crippen LogP contribution is 2.34. The van der Waals surface area contributed by atoms with Gasteiger partial charge in [-0.2, -0.15) is 0 Å². The number of aliphatic imine (C=N–C) groups is 1. The summed E-state index contributed by atoms with van der Waals surface area (Å²) >= 11 is 0. The fourth-order valence-corrected chi connectivity index (χ4v) is 4.95. The highest BCUT2D eigenvalue weighted by atomic mass is 31.1. The molecular weight excluding hydrogens is 433 g/mol. The van der Waals surface area contributed by atoms with E-state index >= 15 is 0 Å². The van der Waals surface area contributed by atoms with Gasteiger partial charge in [0.1, 0.15) is 5.82 Å². The molecular formula is C30H42N3P. The minimum atomic E-state index is 0.718. The molecule has 182 valence electrons. The Hall–Kier alpha value is -2.48. The van der Waals surface area contributed by atoms with Crippen molar-refractivity contribution < 1.29 is 0 Å². The van der Waals surface area contributed by atoms with Crippen LogP contribution in [0.5, 0.6) is 0 Å². The second-order valence-corrected chi connectivity index (χ2v) is 10.1. The molecule has 4 heteroatoms. The van der Waals surface area contributed by atoms with E-state index in [1.165, 1.54) is 43.5 Å². The average Bonchev–Trinajstić information content (AvgIpc) is 3.22. The molecule has 3 nitrogen and oxygen atoms in total. The highest BCUT2D eigenvalue weighted by Gasteiger charge is 2.15. The number of benzene rings is 1. The van der Waals surface area contributed by atoms with E-state index < -0.39 is 0 Å². The maximum Gasteiger partial charge on any atom is 0.119 e. The van der Waals surface area contributed by atoms with Crippen LogP contribution in [0.2, 0.25) is 0 Å². The van der Waals surface area contributed by atoms with Gasteiger partial charge in [0.25, 0.3) is 0 Å². The predicted octanol–water partition coefficient (Wildman–Crippen LogP) is 7.26. The summed E-state index contributed by atoms with van der Waals surface area (Å²) in [4.78, 5) is 7.22. The van der Waals surface area contributed by atoms with Crippen LogP contribution in [0.15, 0.2) is 89.5 Å². The molecule has 34 heavy (non-hydrogen) atoms. The third-order valence-electron chi connectivity index (χ3n) is 5.88. The molecule has 0 amide bonds. The van der Waals surface area contributed by atoms with Crippen molar-refractivity contribution in [2.45, 2.75) is 53.4 Å². The quantitative estimate of drug-likeness (QED) is 0.301. The predicted molar refractivity (Wildman–Crippen MR) is 154 cm³/mol. The molecule has 1 N–H and O–H groups in total. The molecule has 1 saturated heterocycles. The van der Waals surface area contributed by atoms with Gasteiger partial charge in [-0.3, -0.25) is 0 Å². The zero-order chi connectivity index (χ0) is 24.9. The van der Waals surface area contributed by atoms with Gasteiger partial charge >= 0.3 is 0 Å². The average molecular weight is 476 g/mol. The molecule has 1 fully saturated rings. The van der Waals surface area contributed by atoms with Crippen molar-refractivity contribution in [3.05, 3.63) is 95.6 Å². The van der Waals surface area contributed by atoms with Crippen LogP contribution in [0.1, 0.15) is 51.2 Å². The Kier molecular flexibility index (Phi) is 12.0. The molecule has 0 saturated carbocycles. The first-order valence-corrected chi connectivity index (χ1v) is 13.3. The Morgan fingerprint density at radius 3 is 2.38 bits per heavy atom. The van der Waals surface area contributed by atoms with Gasteiger partial charge in [0.05, 0.1) is 5.71 Å². The molecule has 0 unspecified atom stereocenters. The third-order valence-corrected chi connectivity index (χ3v) is 6.99. The number of piperidine rings is 1. The van der Waals surface area contributed by atoms with Crippen LogP contribution in [0.25, 0.3) is 0 Å². The standard InChI is InChI=1S/C21H30N3P.C9H12/c1-6-10-20(21-15-19(16(2)3)17(4)25-21)23-18(5)22-11-14-24-12-8-7-9-13-24;1-3-9-6-4-8(2)5-7-9/h6,10,15,22H,2,4-5,7-9,11-14H2,1,3H3;4-7H,3H2,1-2H3/b10-6-,23-20+;. The topological polar surface area (TPSA) is 27.6 Å². The largest absolute Gasteiger partial charge is 0.369 e. The molecule has 1 aromatic rings. The van der Waals surface area contributed by atoms with E-state index in [4.69, 9.17) is 4.99 Å². The minimum absolute atomic E-state index is 0.718. The lowest BCUT2D eigenvalue weighted by Gasteiger charge is -2.26. The molecule has 0 radical (unpaired) electrons.